The van der Waals surface area contributed by atoms with Crippen LogP contribution in [0.3, 0.4) is 0 Å². The molecule has 0 unspecified atom stereocenters. The Balaban J connectivity index is 1.78. The first-order valence-corrected chi connectivity index (χ1v) is 10.5. The van der Waals surface area contributed by atoms with Crippen LogP contribution in [0.15, 0.2) is 72.8 Å². The summed E-state index contributed by atoms with van der Waals surface area (Å²) in [6, 6.07) is 22.9. The Kier molecular flexibility index (Phi) is 6.95. The highest BCUT2D eigenvalue weighted by Gasteiger charge is 2.26. The molecule has 2 N–H and O–H groups in total. The number of ether oxygens (including phenoxy) is 1. The number of nitrogens with one attached hydrogen (secondary N) is 2. The molecule has 2 amide bonds. The molecule has 31 heavy (non-hydrogen) atoms. The Hall–Kier alpha value is -3.34. The van der Waals surface area contributed by atoms with Crippen LogP contribution in [0.5, 0.6) is 0 Å². The van der Waals surface area contributed by atoms with E-state index in [1.54, 1.807) is 20.8 Å². The second kappa shape index (κ2) is 9.65. The van der Waals surface area contributed by atoms with Gasteiger partial charge in [0.2, 0.25) is 5.91 Å². The topological polar surface area (TPSA) is 67.4 Å². The van der Waals surface area contributed by atoms with Gasteiger partial charge in [-0.1, -0.05) is 72.8 Å². The largest absolute Gasteiger partial charge is 0.444 e. The normalized spacial score (nSPS) is 13.3. The lowest BCUT2D eigenvalue weighted by Crippen LogP contribution is -2.49. The lowest BCUT2D eigenvalue weighted by atomic mass is 10.0. The van der Waals surface area contributed by atoms with Gasteiger partial charge >= 0.3 is 6.09 Å². The molecule has 0 aromatic heterocycles. The van der Waals surface area contributed by atoms with Gasteiger partial charge in [0.1, 0.15) is 11.6 Å². The van der Waals surface area contributed by atoms with Crippen molar-refractivity contribution >= 4 is 22.8 Å². The molecule has 0 radical (unpaired) electrons. The number of hydrogen-bond donors (Lipinski definition) is 2. The minimum Gasteiger partial charge on any atom is -0.444 e. The third-order valence-electron chi connectivity index (χ3n) is 4.92. The van der Waals surface area contributed by atoms with Crippen LogP contribution in [0.25, 0.3) is 10.8 Å². The van der Waals surface area contributed by atoms with Crippen molar-refractivity contribution in [3.63, 3.8) is 0 Å². The second-order valence-corrected chi connectivity index (χ2v) is 8.73. The summed E-state index contributed by atoms with van der Waals surface area (Å²) in [6.45, 7) is 7.31. The van der Waals surface area contributed by atoms with E-state index in [0.717, 1.165) is 21.9 Å². The van der Waals surface area contributed by atoms with Crippen LogP contribution in [-0.4, -0.2) is 23.6 Å². The van der Waals surface area contributed by atoms with Gasteiger partial charge in [-0.25, -0.2) is 4.79 Å². The predicted octanol–water partition coefficient (Wildman–Crippen LogP) is 5.15. The fourth-order valence-electron chi connectivity index (χ4n) is 3.40. The molecule has 0 fully saturated rings. The van der Waals surface area contributed by atoms with Crippen LogP contribution in [0, 0.1) is 0 Å². The molecule has 2 atom stereocenters. The van der Waals surface area contributed by atoms with Crippen molar-refractivity contribution in [2.45, 2.75) is 51.8 Å². The van der Waals surface area contributed by atoms with Gasteiger partial charge in [-0.05, 0) is 49.6 Å². The van der Waals surface area contributed by atoms with Crippen molar-refractivity contribution in [2.75, 3.05) is 0 Å². The van der Waals surface area contributed by atoms with Crippen molar-refractivity contribution in [3.8, 4) is 0 Å². The average molecular weight is 419 g/mol. The molecule has 0 saturated carbocycles. The van der Waals surface area contributed by atoms with Gasteiger partial charge in [-0.2, -0.15) is 0 Å². The summed E-state index contributed by atoms with van der Waals surface area (Å²) in [5, 5.41) is 7.99. The third kappa shape index (κ3) is 6.57. The summed E-state index contributed by atoms with van der Waals surface area (Å²) in [4.78, 5) is 25.5. The van der Waals surface area contributed by atoms with Gasteiger partial charge in [0.25, 0.3) is 0 Å². The fourth-order valence-corrected chi connectivity index (χ4v) is 3.40. The van der Waals surface area contributed by atoms with E-state index in [1.807, 2.05) is 79.7 Å². The molecule has 0 bridgehead atoms. The second-order valence-electron chi connectivity index (χ2n) is 8.73. The maximum atomic E-state index is 13.1. The van der Waals surface area contributed by atoms with Crippen LogP contribution in [0.2, 0.25) is 0 Å². The first-order valence-electron chi connectivity index (χ1n) is 10.5. The van der Waals surface area contributed by atoms with Crippen molar-refractivity contribution < 1.29 is 14.3 Å². The Morgan fingerprint density at radius 3 is 2.19 bits per heavy atom. The highest BCUT2D eigenvalue weighted by Crippen LogP contribution is 2.18. The molecule has 0 spiro atoms. The summed E-state index contributed by atoms with van der Waals surface area (Å²) in [5.41, 5.74) is 1.31. The average Bonchev–Trinajstić information content (AvgIpc) is 2.72. The Labute approximate surface area is 183 Å². The van der Waals surface area contributed by atoms with Gasteiger partial charge in [-0.3, -0.25) is 4.79 Å². The standard InChI is InChI=1S/C26H30N2O3/c1-18(20-10-6-5-7-11-20)27-24(29)23(28-25(30)31-26(2,3)4)17-19-14-15-21-12-8-9-13-22(21)16-19/h5-16,18,23H,17H2,1-4H3,(H,27,29)(H,28,30)/t18-,23-/m0/s1. The number of alkyl carbamates (subject to hydrolysis) is 1. The number of rotatable bonds is 6. The molecular formula is C26H30N2O3. The van der Waals surface area contributed by atoms with Crippen molar-refractivity contribution in [1.82, 2.24) is 10.6 Å². The predicted molar refractivity (Wildman–Crippen MR) is 124 cm³/mol. The lowest BCUT2D eigenvalue weighted by Gasteiger charge is -2.25. The van der Waals surface area contributed by atoms with E-state index in [-0.39, 0.29) is 11.9 Å². The van der Waals surface area contributed by atoms with Crippen LogP contribution >= 0.6 is 0 Å². The molecule has 3 rings (SSSR count). The fraction of sp³-hybridized carbons (Fsp3) is 0.308. The number of hydrogen-bond acceptors (Lipinski definition) is 3. The lowest BCUT2D eigenvalue weighted by molar-refractivity contribution is -0.123. The summed E-state index contributed by atoms with van der Waals surface area (Å²) < 4.78 is 5.39. The zero-order valence-electron chi connectivity index (χ0n) is 18.5. The molecule has 3 aromatic carbocycles. The van der Waals surface area contributed by atoms with E-state index < -0.39 is 17.7 Å². The van der Waals surface area contributed by atoms with Crippen LogP contribution in [0.4, 0.5) is 4.79 Å². The van der Waals surface area contributed by atoms with E-state index in [0.29, 0.717) is 6.42 Å². The summed E-state index contributed by atoms with van der Waals surface area (Å²) in [6.07, 6.45) is -0.252. The van der Waals surface area contributed by atoms with E-state index >= 15 is 0 Å². The van der Waals surface area contributed by atoms with Gasteiger partial charge in [0.15, 0.2) is 0 Å². The minimum atomic E-state index is -0.762. The Morgan fingerprint density at radius 1 is 0.871 bits per heavy atom. The maximum absolute atomic E-state index is 13.1. The molecule has 0 aliphatic heterocycles. The highest BCUT2D eigenvalue weighted by molar-refractivity contribution is 5.87. The quantitative estimate of drug-likeness (QED) is 0.581. The molecule has 3 aromatic rings. The van der Waals surface area contributed by atoms with Gasteiger partial charge in [-0.15, -0.1) is 0 Å². The molecule has 0 heterocycles. The maximum Gasteiger partial charge on any atom is 0.408 e. The molecule has 0 aliphatic carbocycles. The van der Waals surface area contributed by atoms with Crippen molar-refractivity contribution in [3.05, 3.63) is 83.9 Å². The molecule has 5 nitrogen and oxygen atoms in total. The monoisotopic (exact) mass is 418 g/mol. The number of amides is 2. The molecule has 0 saturated heterocycles. The molecule has 0 aliphatic rings. The highest BCUT2D eigenvalue weighted by atomic mass is 16.6. The molecule has 5 heteroatoms. The van der Waals surface area contributed by atoms with E-state index in [1.165, 1.54) is 0 Å². The number of fused-ring (bicyclic) bond motifs is 1. The number of carbonyl (C=O) groups is 2. The SMILES string of the molecule is C[C@H](NC(=O)[C@H](Cc1ccc2ccccc2c1)NC(=O)OC(C)(C)C)c1ccccc1. The Morgan fingerprint density at radius 2 is 1.52 bits per heavy atom. The Bertz CT molecular complexity index is 1040. The summed E-state index contributed by atoms with van der Waals surface area (Å²) in [7, 11) is 0. The van der Waals surface area contributed by atoms with Gasteiger partial charge < -0.3 is 15.4 Å². The smallest absolute Gasteiger partial charge is 0.408 e. The first kappa shape index (κ1) is 22.3. The van der Waals surface area contributed by atoms with Crippen molar-refractivity contribution in [1.29, 1.82) is 0 Å². The van der Waals surface area contributed by atoms with Crippen LogP contribution in [0.1, 0.15) is 44.9 Å². The third-order valence-corrected chi connectivity index (χ3v) is 4.92. The van der Waals surface area contributed by atoms with Crippen LogP contribution in [-0.2, 0) is 16.0 Å². The van der Waals surface area contributed by atoms with E-state index in [2.05, 4.69) is 10.6 Å². The van der Waals surface area contributed by atoms with Gasteiger partial charge in [0, 0.05) is 6.42 Å². The first-order chi connectivity index (χ1) is 14.7. The zero-order valence-corrected chi connectivity index (χ0v) is 18.5. The van der Waals surface area contributed by atoms with Crippen molar-refractivity contribution in [2.24, 2.45) is 0 Å². The summed E-state index contributed by atoms with van der Waals surface area (Å²) >= 11 is 0. The minimum absolute atomic E-state index is 0.187. The van der Waals surface area contributed by atoms with E-state index in [9.17, 15) is 9.59 Å². The van der Waals surface area contributed by atoms with Gasteiger partial charge in [0.05, 0.1) is 6.04 Å². The number of benzene rings is 3. The van der Waals surface area contributed by atoms with E-state index in [4.69, 9.17) is 4.74 Å². The molecular weight excluding hydrogens is 388 g/mol. The summed E-state index contributed by atoms with van der Waals surface area (Å²) in [5.74, 6) is -0.254. The zero-order chi connectivity index (χ0) is 22.4. The molecule has 162 valence electrons. The van der Waals surface area contributed by atoms with Crippen LogP contribution < -0.4 is 10.6 Å². The number of carbonyl (C=O) groups excluding carboxylic acids is 2.